The van der Waals surface area contributed by atoms with E-state index in [1.54, 1.807) is 17.0 Å². The van der Waals surface area contributed by atoms with Crippen molar-refractivity contribution in [3.05, 3.63) is 62.0 Å². The molecule has 4 aromatic rings. The SMILES string of the molecule is CCN(CC)CCN(C(=O)c1cc2cc([N+](=O)[O-])ccc2s1)c1nc2c(C)cc(Cl)cc2s1. The fourth-order valence-electron chi connectivity index (χ4n) is 3.71. The Bertz CT molecular complexity index is 1350. The van der Waals surface area contributed by atoms with Crippen molar-refractivity contribution < 1.29 is 9.72 Å². The second-order valence-electron chi connectivity index (χ2n) is 7.64. The number of nitro benzene ring substituents is 1. The topological polar surface area (TPSA) is 79.6 Å². The number of rotatable bonds is 8. The third-order valence-corrected chi connectivity index (χ3v) is 7.92. The fraction of sp³-hybridized carbons (Fsp3) is 0.304. The van der Waals surface area contributed by atoms with Crippen LogP contribution in [0, 0.1) is 17.0 Å². The minimum atomic E-state index is -0.427. The molecule has 0 atom stereocenters. The summed E-state index contributed by atoms with van der Waals surface area (Å²) in [6.07, 6.45) is 0. The van der Waals surface area contributed by atoms with Gasteiger partial charge in [-0.25, -0.2) is 4.98 Å². The molecule has 0 aliphatic rings. The molecule has 2 aromatic carbocycles. The maximum atomic E-state index is 13.7. The number of carbonyl (C=O) groups excluding carboxylic acids is 1. The normalized spacial score (nSPS) is 11.5. The number of thiophene rings is 1. The Labute approximate surface area is 204 Å². The lowest BCUT2D eigenvalue weighted by Gasteiger charge is -2.24. The van der Waals surface area contributed by atoms with Crippen molar-refractivity contribution in [2.24, 2.45) is 0 Å². The van der Waals surface area contributed by atoms with Crippen LogP contribution in [0.1, 0.15) is 29.1 Å². The lowest BCUT2D eigenvalue weighted by Crippen LogP contribution is -2.38. The van der Waals surface area contributed by atoms with Crippen molar-refractivity contribution >= 4 is 71.3 Å². The number of non-ortho nitro benzene ring substituents is 1. The molecule has 2 aromatic heterocycles. The summed E-state index contributed by atoms with van der Waals surface area (Å²) in [6, 6.07) is 10.1. The van der Waals surface area contributed by atoms with Gasteiger partial charge >= 0.3 is 0 Å². The quantitative estimate of drug-likeness (QED) is 0.206. The summed E-state index contributed by atoms with van der Waals surface area (Å²) in [5.41, 5.74) is 1.81. The summed E-state index contributed by atoms with van der Waals surface area (Å²) in [5.74, 6) is -0.159. The first-order valence-electron chi connectivity index (χ1n) is 10.6. The van der Waals surface area contributed by atoms with Gasteiger partial charge in [0.1, 0.15) is 0 Å². The number of fused-ring (bicyclic) bond motifs is 2. The predicted molar refractivity (Wildman–Crippen MR) is 137 cm³/mol. The van der Waals surface area contributed by atoms with Gasteiger partial charge in [0.05, 0.1) is 20.0 Å². The number of anilines is 1. The molecule has 0 unspecified atom stereocenters. The molecule has 0 spiro atoms. The number of nitro groups is 1. The van der Waals surface area contributed by atoms with Crippen LogP contribution in [0.3, 0.4) is 0 Å². The Morgan fingerprint density at radius 3 is 2.55 bits per heavy atom. The van der Waals surface area contributed by atoms with Crippen molar-refractivity contribution in [2.45, 2.75) is 20.8 Å². The monoisotopic (exact) mass is 502 g/mol. The summed E-state index contributed by atoms with van der Waals surface area (Å²) in [4.78, 5) is 33.7. The van der Waals surface area contributed by atoms with Gasteiger partial charge in [-0.05, 0) is 49.8 Å². The molecule has 0 radical (unpaired) electrons. The Kier molecular flexibility index (Phi) is 6.94. The van der Waals surface area contributed by atoms with Crippen LogP contribution in [0.25, 0.3) is 20.3 Å². The van der Waals surface area contributed by atoms with Crippen molar-refractivity contribution in [2.75, 3.05) is 31.1 Å². The second-order valence-corrected chi connectivity index (χ2v) is 10.2. The average Bonchev–Trinajstić information content (AvgIpc) is 3.40. The maximum absolute atomic E-state index is 13.7. The number of aromatic nitrogens is 1. The Morgan fingerprint density at radius 1 is 1.09 bits per heavy atom. The molecular weight excluding hydrogens is 480 g/mol. The molecule has 4 rings (SSSR count). The number of thiazole rings is 1. The molecule has 10 heteroatoms. The molecule has 0 fully saturated rings. The summed E-state index contributed by atoms with van der Waals surface area (Å²) >= 11 is 9.02. The first kappa shape index (κ1) is 23.6. The van der Waals surface area contributed by atoms with Crippen LogP contribution < -0.4 is 4.90 Å². The van der Waals surface area contributed by atoms with E-state index in [1.807, 2.05) is 19.1 Å². The summed E-state index contributed by atoms with van der Waals surface area (Å²) < 4.78 is 1.77. The minimum absolute atomic E-state index is 0.0104. The number of hydrogen-bond acceptors (Lipinski definition) is 7. The largest absolute Gasteiger partial charge is 0.302 e. The molecule has 7 nitrogen and oxygen atoms in total. The average molecular weight is 503 g/mol. The Morgan fingerprint density at radius 2 is 1.85 bits per heavy atom. The lowest BCUT2D eigenvalue weighted by atomic mass is 10.2. The van der Waals surface area contributed by atoms with Crippen LogP contribution >= 0.6 is 34.3 Å². The maximum Gasteiger partial charge on any atom is 0.270 e. The molecule has 0 aliphatic carbocycles. The van der Waals surface area contributed by atoms with E-state index in [9.17, 15) is 14.9 Å². The molecule has 0 N–H and O–H groups in total. The summed E-state index contributed by atoms with van der Waals surface area (Å²) in [7, 11) is 0. The van der Waals surface area contributed by atoms with Crippen LogP contribution in [0.2, 0.25) is 5.02 Å². The summed E-state index contributed by atoms with van der Waals surface area (Å²) in [5, 5.41) is 13.1. The molecule has 33 heavy (non-hydrogen) atoms. The molecular formula is C23H23ClN4O3S2. The minimum Gasteiger partial charge on any atom is -0.302 e. The van der Waals surface area contributed by atoms with Gasteiger partial charge in [0.2, 0.25) is 0 Å². The number of carbonyl (C=O) groups is 1. The van der Waals surface area contributed by atoms with Gasteiger partial charge < -0.3 is 4.90 Å². The van der Waals surface area contributed by atoms with Gasteiger partial charge in [-0.2, -0.15) is 0 Å². The van der Waals surface area contributed by atoms with E-state index in [-0.39, 0.29) is 11.6 Å². The van der Waals surface area contributed by atoms with E-state index in [1.165, 1.54) is 34.8 Å². The van der Waals surface area contributed by atoms with Crippen LogP contribution in [0.4, 0.5) is 10.8 Å². The van der Waals surface area contributed by atoms with Crippen LogP contribution in [0.5, 0.6) is 0 Å². The first-order chi connectivity index (χ1) is 15.8. The smallest absolute Gasteiger partial charge is 0.270 e. The van der Waals surface area contributed by atoms with Crippen LogP contribution in [-0.2, 0) is 0 Å². The first-order valence-corrected chi connectivity index (χ1v) is 12.6. The van der Waals surface area contributed by atoms with Gasteiger partial charge in [0, 0.05) is 40.3 Å². The molecule has 1 amide bonds. The number of amides is 1. The number of halogens is 1. The van der Waals surface area contributed by atoms with Crippen molar-refractivity contribution in [1.82, 2.24) is 9.88 Å². The standard InChI is InChI=1S/C23H23ClN4O3S2/c1-4-26(5-2)8-9-27(23-25-21-14(3)10-16(24)13-19(21)33-23)22(29)20-12-15-11-17(28(30)31)6-7-18(15)32-20/h6-7,10-13H,4-5,8-9H2,1-3H3. The zero-order valence-corrected chi connectivity index (χ0v) is 20.9. The zero-order valence-electron chi connectivity index (χ0n) is 18.5. The molecule has 0 saturated heterocycles. The molecule has 0 aliphatic heterocycles. The Hall–Kier alpha value is -2.59. The highest BCUT2D eigenvalue weighted by atomic mass is 35.5. The molecule has 0 bridgehead atoms. The zero-order chi connectivity index (χ0) is 23.7. The fourth-order valence-corrected chi connectivity index (χ4v) is 6.14. The van der Waals surface area contributed by atoms with Crippen molar-refractivity contribution in [3.8, 4) is 0 Å². The lowest BCUT2D eigenvalue weighted by molar-refractivity contribution is -0.384. The Balaban J connectivity index is 1.74. The van der Waals surface area contributed by atoms with Crippen molar-refractivity contribution in [3.63, 3.8) is 0 Å². The van der Waals surface area contributed by atoms with Crippen LogP contribution in [-0.4, -0.2) is 46.9 Å². The van der Waals surface area contributed by atoms with E-state index in [0.29, 0.717) is 33.5 Å². The van der Waals surface area contributed by atoms with Gasteiger partial charge in [-0.15, -0.1) is 11.3 Å². The number of hydrogen-bond donors (Lipinski definition) is 0. The number of benzene rings is 2. The van der Waals surface area contributed by atoms with Gasteiger partial charge in [0.25, 0.3) is 11.6 Å². The van der Waals surface area contributed by atoms with E-state index in [2.05, 4.69) is 18.7 Å². The highest BCUT2D eigenvalue weighted by molar-refractivity contribution is 7.23. The van der Waals surface area contributed by atoms with E-state index in [4.69, 9.17) is 16.6 Å². The molecule has 0 saturated carbocycles. The van der Waals surface area contributed by atoms with Crippen LogP contribution in [0.15, 0.2) is 36.4 Å². The molecule has 172 valence electrons. The van der Waals surface area contributed by atoms with Crippen molar-refractivity contribution in [1.29, 1.82) is 0 Å². The third kappa shape index (κ3) is 4.86. The predicted octanol–water partition coefficient (Wildman–Crippen LogP) is 6.37. The van der Waals surface area contributed by atoms with Gasteiger partial charge in [-0.3, -0.25) is 19.8 Å². The number of nitrogens with zero attached hydrogens (tertiary/aromatic N) is 4. The highest BCUT2D eigenvalue weighted by Crippen LogP contribution is 2.35. The van der Waals surface area contributed by atoms with E-state index < -0.39 is 4.92 Å². The number of likely N-dealkylation sites (N-methyl/N-ethyl adjacent to an activating group) is 1. The second kappa shape index (κ2) is 9.72. The third-order valence-electron chi connectivity index (χ3n) is 5.57. The summed E-state index contributed by atoms with van der Waals surface area (Å²) in [6.45, 7) is 9.12. The van der Waals surface area contributed by atoms with E-state index >= 15 is 0 Å². The van der Waals surface area contributed by atoms with Gasteiger partial charge in [0.15, 0.2) is 5.13 Å². The van der Waals surface area contributed by atoms with Gasteiger partial charge in [-0.1, -0.05) is 36.8 Å². The number of aryl methyl sites for hydroxylation is 1. The van der Waals surface area contributed by atoms with E-state index in [0.717, 1.165) is 33.6 Å². The highest BCUT2D eigenvalue weighted by Gasteiger charge is 2.24. The molecule has 2 heterocycles.